The van der Waals surface area contributed by atoms with Gasteiger partial charge in [0.05, 0.1) is 6.20 Å². The van der Waals surface area contributed by atoms with Crippen LogP contribution in [-0.2, 0) is 0 Å². The van der Waals surface area contributed by atoms with Crippen LogP contribution in [0, 0.1) is 13.8 Å². The first-order valence-electron chi connectivity index (χ1n) is 5.21. The third-order valence-corrected chi connectivity index (χ3v) is 2.44. The highest BCUT2D eigenvalue weighted by Crippen LogP contribution is 2.14. The number of urea groups is 1. The van der Waals surface area contributed by atoms with E-state index in [4.69, 9.17) is 4.52 Å². The maximum Gasteiger partial charge on any atom is 0.326 e. The Kier molecular flexibility index (Phi) is 3.09. The normalized spacial score (nSPS) is 10.0. The quantitative estimate of drug-likeness (QED) is 0.835. The average Bonchev–Trinajstić information content (AvgIpc) is 2.76. The minimum atomic E-state index is -0.356. The molecule has 5 nitrogen and oxygen atoms in total. The van der Waals surface area contributed by atoms with Crippen molar-refractivity contribution >= 4 is 17.6 Å². The molecule has 0 fully saturated rings. The Morgan fingerprint density at radius 2 is 2.00 bits per heavy atom. The smallest absolute Gasteiger partial charge is 0.326 e. The number of amides is 2. The number of rotatable bonds is 2. The number of benzene rings is 1. The van der Waals surface area contributed by atoms with Gasteiger partial charge in [-0.15, -0.1) is 0 Å². The molecular formula is C12H13N3O2. The third kappa shape index (κ3) is 2.84. The van der Waals surface area contributed by atoms with Crippen molar-refractivity contribution in [3.05, 3.63) is 41.6 Å². The van der Waals surface area contributed by atoms with E-state index in [0.29, 0.717) is 5.88 Å². The molecule has 5 heteroatoms. The van der Waals surface area contributed by atoms with Crippen molar-refractivity contribution in [2.24, 2.45) is 0 Å². The van der Waals surface area contributed by atoms with Crippen molar-refractivity contribution in [2.45, 2.75) is 13.8 Å². The first-order chi connectivity index (χ1) is 8.15. The van der Waals surface area contributed by atoms with Gasteiger partial charge in [-0.2, -0.15) is 0 Å². The molecule has 2 amide bonds. The average molecular weight is 231 g/mol. The van der Waals surface area contributed by atoms with Crippen LogP contribution in [0.3, 0.4) is 0 Å². The van der Waals surface area contributed by atoms with Crippen LogP contribution in [0.4, 0.5) is 16.4 Å². The van der Waals surface area contributed by atoms with Crippen LogP contribution in [0.25, 0.3) is 0 Å². The SMILES string of the molecule is Cc1ccc(NC(=O)Nc2ccno2)cc1C. The van der Waals surface area contributed by atoms with Gasteiger partial charge in [-0.1, -0.05) is 11.2 Å². The highest BCUT2D eigenvalue weighted by Gasteiger charge is 2.05. The molecular weight excluding hydrogens is 218 g/mol. The van der Waals surface area contributed by atoms with E-state index in [9.17, 15) is 4.79 Å². The fourth-order valence-electron chi connectivity index (χ4n) is 1.37. The maximum absolute atomic E-state index is 11.6. The van der Waals surface area contributed by atoms with Gasteiger partial charge in [0.2, 0.25) is 5.88 Å². The van der Waals surface area contributed by atoms with Crippen molar-refractivity contribution in [2.75, 3.05) is 10.6 Å². The van der Waals surface area contributed by atoms with E-state index in [1.54, 1.807) is 6.07 Å². The largest absolute Gasteiger partial charge is 0.338 e. The van der Waals surface area contributed by atoms with Gasteiger partial charge in [0, 0.05) is 11.8 Å². The van der Waals surface area contributed by atoms with Gasteiger partial charge in [-0.3, -0.25) is 5.32 Å². The lowest BCUT2D eigenvalue weighted by atomic mass is 10.1. The number of aryl methyl sites for hydroxylation is 2. The molecule has 0 radical (unpaired) electrons. The minimum Gasteiger partial charge on any atom is -0.338 e. The second-order valence-electron chi connectivity index (χ2n) is 3.75. The molecule has 1 aromatic carbocycles. The maximum atomic E-state index is 11.6. The van der Waals surface area contributed by atoms with Crippen LogP contribution < -0.4 is 10.6 Å². The number of anilines is 2. The number of aromatic nitrogens is 1. The predicted octanol–water partition coefficient (Wildman–Crippen LogP) is 2.94. The van der Waals surface area contributed by atoms with Crippen molar-refractivity contribution in [1.82, 2.24) is 5.16 Å². The van der Waals surface area contributed by atoms with Crippen LogP contribution in [0.2, 0.25) is 0 Å². The number of hydrogen-bond acceptors (Lipinski definition) is 3. The molecule has 0 saturated heterocycles. The van der Waals surface area contributed by atoms with Gasteiger partial charge in [0.25, 0.3) is 0 Å². The van der Waals surface area contributed by atoms with Gasteiger partial charge in [-0.05, 0) is 37.1 Å². The Morgan fingerprint density at radius 3 is 2.65 bits per heavy atom. The van der Waals surface area contributed by atoms with E-state index in [-0.39, 0.29) is 6.03 Å². The van der Waals surface area contributed by atoms with Gasteiger partial charge >= 0.3 is 6.03 Å². The van der Waals surface area contributed by atoms with Crippen LogP contribution in [0.15, 0.2) is 35.0 Å². The van der Waals surface area contributed by atoms with E-state index >= 15 is 0 Å². The molecule has 0 saturated carbocycles. The highest BCUT2D eigenvalue weighted by atomic mass is 16.5. The van der Waals surface area contributed by atoms with Crippen LogP contribution in [0.1, 0.15) is 11.1 Å². The summed E-state index contributed by atoms with van der Waals surface area (Å²) in [6.07, 6.45) is 1.46. The van der Waals surface area contributed by atoms with E-state index in [2.05, 4.69) is 15.8 Å². The molecule has 2 aromatic rings. The summed E-state index contributed by atoms with van der Waals surface area (Å²) in [5.41, 5.74) is 3.05. The Balaban J connectivity index is 2.00. The van der Waals surface area contributed by atoms with Gasteiger partial charge in [0.15, 0.2) is 0 Å². The highest BCUT2D eigenvalue weighted by molar-refractivity contribution is 5.98. The Hall–Kier alpha value is -2.30. The first kappa shape index (κ1) is 11.2. The van der Waals surface area contributed by atoms with Gasteiger partial charge < -0.3 is 9.84 Å². The lowest BCUT2D eigenvalue weighted by Gasteiger charge is -2.07. The van der Waals surface area contributed by atoms with Crippen molar-refractivity contribution < 1.29 is 9.32 Å². The zero-order valence-electron chi connectivity index (χ0n) is 9.65. The van der Waals surface area contributed by atoms with Crippen LogP contribution >= 0.6 is 0 Å². The zero-order valence-corrected chi connectivity index (χ0v) is 9.65. The predicted molar refractivity (Wildman–Crippen MR) is 65.1 cm³/mol. The second kappa shape index (κ2) is 4.69. The second-order valence-corrected chi connectivity index (χ2v) is 3.75. The van der Waals surface area contributed by atoms with Crippen molar-refractivity contribution in [3.8, 4) is 0 Å². The molecule has 88 valence electrons. The van der Waals surface area contributed by atoms with E-state index in [0.717, 1.165) is 11.3 Å². The fourth-order valence-corrected chi connectivity index (χ4v) is 1.37. The topological polar surface area (TPSA) is 67.2 Å². The monoisotopic (exact) mass is 231 g/mol. The molecule has 0 atom stereocenters. The fraction of sp³-hybridized carbons (Fsp3) is 0.167. The van der Waals surface area contributed by atoms with E-state index < -0.39 is 0 Å². The molecule has 2 rings (SSSR count). The van der Waals surface area contributed by atoms with E-state index in [1.807, 2.05) is 32.0 Å². The summed E-state index contributed by atoms with van der Waals surface area (Å²) in [7, 11) is 0. The summed E-state index contributed by atoms with van der Waals surface area (Å²) >= 11 is 0. The van der Waals surface area contributed by atoms with E-state index in [1.165, 1.54) is 11.8 Å². The molecule has 1 aromatic heterocycles. The summed E-state index contributed by atoms with van der Waals surface area (Å²) in [5, 5.41) is 8.73. The molecule has 17 heavy (non-hydrogen) atoms. The lowest BCUT2D eigenvalue weighted by Crippen LogP contribution is -2.19. The molecule has 1 heterocycles. The standard InChI is InChI=1S/C12H13N3O2/c1-8-3-4-10(7-9(8)2)14-12(16)15-11-5-6-13-17-11/h3-7H,1-2H3,(H2,14,15,16). The molecule has 0 aliphatic heterocycles. The van der Waals surface area contributed by atoms with Crippen molar-refractivity contribution in [1.29, 1.82) is 0 Å². The summed E-state index contributed by atoms with van der Waals surface area (Å²) in [6, 6.07) is 6.93. The number of carbonyl (C=O) groups excluding carboxylic acids is 1. The Labute approximate surface area is 98.8 Å². The first-order valence-corrected chi connectivity index (χ1v) is 5.21. The molecule has 0 aliphatic rings. The number of hydrogen-bond donors (Lipinski definition) is 2. The van der Waals surface area contributed by atoms with Gasteiger partial charge in [0.1, 0.15) is 0 Å². The Bertz CT molecular complexity index is 521. The number of carbonyl (C=O) groups is 1. The minimum absolute atomic E-state index is 0.311. The molecule has 0 aliphatic carbocycles. The molecule has 0 spiro atoms. The lowest BCUT2D eigenvalue weighted by molar-refractivity contribution is 0.261. The summed E-state index contributed by atoms with van der Waals surface area (Å²) in [6.45, 7) is 4.02. The van der Waals surface area contributed by atoms with Crippen molar-refractivity contribution in [3.63, 3.8) is 0 Å². The van der Waals surface area contributed by atoms with Gasteiger partial charge in [-0.25, -0.2) is 4.79 Å². The summed E-state index contributed by atoms with van der Waals surface area (Å²) in [5.74, 6) is 0.311. The zero-order chi connectivity index (χ0) is 12.3. The Morgan fingerprint density at radius 1 is 1.18 bits per heavy atom. The molecule has 0 bridgehead atoms. The summed E-state index contributed by atoms with van der Waals surface area (Å²) in [4.78, 5) is 11.6. The number of nitrogens with one attached hydrogen (secondary N) is 2. The van der Waals surface area contributed by atoms with Crippen LogP contribution in [-0.4, -0.2) is 11.2 Å². The number of nitrogens with zero attached hydrogens (tertiary/aromatic N) is 1. The van der Waals surface area contributed by atoms with Crippen LogP contribution in [0.5, 0.6) is 0 Å². The summed E-state index contributed by atoms with van der Waals surface area (Å²) < 4.78 is 4.76. The molecule has 2 N–H and O–H groups in total. The third-order valence-electron chi connectivity index (χ3n) is 2.44. The molecule has 0 unspecified atom stereocenters.